The topological polar surface area (TPSA) is 98.7 Å². The van der Waals surface area contributed by atoms with Crippen molar-refractivity contribution in [3.63, 3.8) is 0 Å². The summed E-state index contributed by atoms with van der Waals surface area (Å²) in [7, 11) is 0. The van der Waals surface area contributed by atoms with E-state index in [2.05, 4.69) is 10.6 Å². The second kappa shape index (κ2) is 7.53. The lowest BCUT2D eigenvalue weighted by Gasteiger charge is -2.19. The van der Waals surface area contributed by atoms with Gasteiger partial charge in [-0.1, -0.05) is 25.4 Å². The van der Waals surface area contributed by atoms with E-state index in [1.807, 2.05) is 13.8 Å². The van der Waals surface area contributed by atoms with E-state index in [-0.39, 0.29) is 22.5 Å². The third kappa shape index (κ3) is 4.17. The normalized spacial score (nSPS) is 15.3. The van der Waals surface area contributed by atoms with Gasteiger partial charge in [-0.25, -0.2) is 9.59 Å². The third-order valence-electron chi connectivity index (χ3n) is 3.67. The van der Waals surface area contributed by atoms with E-state index >= 15 is 0 Å². The summed E-state index contributed by atoms with van der Waals surface area (Å²) in [4.78, 5) is 37.0. The molecule has 7 nitrogen and oxygen atoms in total. The summed E-state index contributed by atoms with van der Waals surface area (Å²) in [6.45, 7) is 4.77. The molecule has 1 fully saturated rings. The lowest BCUT2D eigenvalue weighted by Crippen LogP contribution is -2.41. The van der Waals surface area contributed by atoms with E-state index in [4.69, 9.17) is 11.6 Å². The quantitative estimate of drug-likeness (QED) is 0.729. The van der Waals surface area contributed by atoms with Crippen LogP contribution in [0.3, 0.4) is 0 Å². The lowest BCUT2D eigenvalue weighted by atomic mass is 10.0. The molecule has 0 spiro atoms. The summed E-state index contributed by atoms with van der Waals surface area (Å²) in [5.74, 6) is -1.56. The molecule has 1 heterocycles. The number of carboxylic acids is 1. The van der Waals surface area contributed by atoms with Gasteiger partial charge in [0.05, 0.1) is 10.6 Å². The summed E-state index contributed by atoms with van der Waals surface area (Å²) < 4.78 is 0. The van der Waals surface area contributed by atoms with Crippen LogP contribution >= 0.6 is 11.6 Å². The number of aliphatic carboxylic acids is 1. The highest BCUT2D eigenvalue weighted by Crippen LogP contribution is 2.24. The lowest BCUT2D eigenvalue weighted by molar-refractivity contribution is -0.139. The number of nitrogens with one attached hydrogen (secondary N) is 2. The minimum Gasteiger partial charge on any atom is -0.480 e. The van der Waals surface area contributed by atoms with Crippen LogP contribution in [0.1, 0.15) is 30.6 Å². The molecule has 0 bridgehead atoms. The van der Waals surface area contributed by atoms with Gasteiger partial charge in [-0.3, -0.25) is 9.69 Å². The van der Waals surface area contributed by atoms with Crippen molar-refractivity contribution < 1.29 is 19.5 Å². The van der Waals surface area contributed by atoms with Crippen molar-refractivity contribution in [1.82, 2.24) is 10.6 Å². The molecule has 1 aromatic carbocycles. The van der Waals surface area contributed by atoms with Crippen LogP contribution in [0.4, 0.5) is 10.5 Å². The molecule has 0 saturated carbocycles. The van der Waals surface area contributed by atoms with Crippen molar-refractivity contribution in [2.75, 3.05) is 18.0 Å². The molecule has 8 heteroatoms. The molecule has 1 aliphatic rings. The zero-order valence-corrected chi connectivity index (χ0v) is 14.3. The number of halogens is 1. The second-order valence-electron chi connectivity index (χ2n) is 6.04. The van der Waals surface area contributed by atoms with Crippen molar-refractivity contribution in [2.45, 2.75) is 26.3 Å². The molecule has 1 atom stereocenters. The van der Waals surface area contributed by atoms with E-state index in [1.165, 1.54) is 17.0 Å². The van der Waals surface area contributed by atoms with Crippen molar-refractivity contribution in [2.24, 2.45) is 5.92 Å². The highest BCUT2D eigenvalue weighted by molar-refractivity contribution is 6.34. The monoisotopic (exact) mass is 353 g/mol. The summed E-state index contributed by atoms with van der Waals surface area (Å²) in [5, 5.41) is 14.6. The first-order chi connectivity index (χ1) is 11.3. The van der Waals surface area contributed by atoms with E-state index in [0.717, 1.165) is 0 Å². The molecule has 24 heavy (non-hydrogen) atoms. The van der Waals surface area contributed by atoms with Crippen molar-refractivity contribution >= 4 is 35.2 Å². The Morgan fingerprint density at radius 3 is 2.67 bits per heavy atom. The number of hydrogen-bond donors (Lipinski definition) is 3. The molecule has 0 unspecified atom stereocenters. The van der Waals surface area contributed by atoms with Gasteiger partial charge in [0, 0.05) is 18.8 Å². The number of urea groups is 1. The smallest absolute Gasteiger partial charge is 0.326 e. The van der Waals surface area contributed by atoms with Crippen molar-refractivity contribution in [1.29, 1.82) is 0 Å². The Labute approximate surface area is 145 Å². The maximum atomic E-state index is 12.4. The average molecular weight is 354 g/mol. The minimum atomic E-state index is -1.09. The van der Waals surface area contributed by atoms with E-state index in [9.17, 15) is 19.5 Å². The molecule has 3 N–H and O–H groups in total. The molecule has 1 aliphatic heterocycles. The Hall–Kier alpha value is -2.28. The largest absolute Gasteiger partial charge is 0.480 e. The summed E-state index contributed by atoms with van der Waals surface area (Å²) in [6.07, 6.45) is 0.312. The molecule has 0 aliphatic carbocycles. The number of carbonyl (C=O) groups is 3. The number of hydrogen-bond acceptors (Lipinski definition) is 3. The molecule has 1 saturated heterocycles. The number of carboxylic acid groups (broad SMARTS) is 1. The maximum Gasteiger partial charge on any atom is 0.326 e. The van der Waals surface area contributed by atoms with Gasteiger partial charge < -0.3 is 15.7 Å². The van der Waals surface area contributed by atoms with Crippen molar-refractivity contribution in [3.05, 3.63) is 28.8 Å². The Morgan fingerprint density at radius 2 is 2.12 bits per heavy atom. The molecule has 0 aromatic heterocycles. The van der Waals surface area contributed by atoms with Crippen molar-refractivity contribution in [3.8, 4) is 0 Å². The van der Waals surface area contributed by atoms with Crippen LogP contribution in [-0.4, -0.2) is 42.1 Å². The standard InChI is InChI=1S/C16H20ClN3O4/c1-9(2)7-13(15(22)23)19-14(21)11-8-10(3-4-12(11)17)20-6-5-18-16(20)24/h3-4,8-9,13H,5-7H2,1-2H3,(H,18,24)(H,19,21)(H,22,23)/t13-/m1/s1. The molecule has 1 aromatic rings. The summed E-state index contributed by atoms with van der Waals surface area (Å²) in [6, 6.07) is 3.43. The fraction of sp³-hybridized carbons (Fsp3) is 0.438. The van der Waals surface area contributed by atoms with Crippen LogP contribution in [0.2, 0.25) is 5.02 Å². The number of nitrogens with zero attached hydrogens (tertiary/aromatic N) is 1. The zero-order valence-electron chi connectivity index (χ0n) is 13.5. The molecular weight excluding hydrogens is 334 g/mol. The number of benzene rings is 1. The highest BCUT2D eigenvalue weighted by Gasteiger charge is 2.25. The van der Waals surface area contributed by atoms with E-state index in [1.54, 1.807) is 6.07 Å². The number of amides is 3. The number of anilines is 1. The van der Waals surface area contributed by atoms with Crippen LogP contribution in [0.5, 0.6) is 0 Å². The third-order valence-corrected chi connectivity index (χ3v) is 4.00. The fourth-order valence-electron chi connectivity index (χ4n) is 2.50. The number of rotatable bonds is 6. The first-order valence-corrected chi connectivity index (χ1v) is 8.06. The van der Waals surface area contributed by atoms with Gasteiger partial charge in [-0.2, -0.15) is 0 Å². The fourth-order valence-corrected chi connectivity index (χ4v) is 2.71. The van der Waals surface area contributed by atoms with E-state index < -0.39 is 17.9 Å². The maximum absolute atomic E-state index is 12.4. The Morgan fingerprint density at radius 1 is 1.42 bits per heavy atom. The van der Waals surface area contributed by atoms with E-state index in [0.29, 0.717) is 25.2 Å². The van der Waals surface area contributed by atoms with Gasteiger partial charge >= 0.3 is 12.0 Å². The van der Waals surface area contributed by atoms with Gasteiger partial charge in [-0.15, -0.1) is 0 Å². The van der Waals surface area contributed by atoms with Crippen LogP contribution < -0.4 is 15.5 Å². The highest BCUT2D eigenvalue weighted by atomic mass is 35.5. The van der Waals surface area contributed by atoms with Crippen LogP contribution in [0.25, 0.3) is 0 Å². The number of carbonyl (C=O) groups excluding carboxylic acids is 2. The van der Waals surface area contributed by atoms with Crippen LogP contribution in [0.15, 0.2) is 18.2 Å². The van der Waals surface area contributed by atoms with Gasteiger partial charge in [0.15, 0.2) is 0 Å². The molecular formula is C16H20ClN3O4. The average Bonchev–Trinajstić information content (AvgIpc) is 2.92. The Bertz CT molecular complexity index is 663. The second-order valence-corrected chi connectivity index (χ2v) is 6.45. The van der Waals surface area contributed by atoms with Gasteiger partial charge in [0.25, 0.3) is 5.91 Å². The van der Waals surface area contributed by atoms with Gasteiger partial charge in [0.1, 0.15) is 6.04 Å². The van der Waals surface area contributed by atoms with Gasteiger partial charge in [0.2, 0.25) is 0 Å². The molecule has 0 radical (unpaired) electrons. The molecule has 2 rings (SSSR count). The molecule has 3 amide bonds. The minimum absolute atomic E-state index is 0.113. The predicted octanol–water partition coefficient (Wildman–Crippen LogP) is 2.10. The SMILES string of the molecule is CC(C)C[C@@H](NC(=O)c1cc(N2CCNC2=O)ccc1Cl)C(=O)O. The van der Waals surface area contributed by atoms with Gasteiger partial charge in [-0.05, 0) is 30.5 Å². The first kappa shape index (κ1) is 18.1. The molecule has 130 valence electrons. The Kier molecular flexibility index (Phi) is 5.66. The van der Waals surface area contributed by atoms with Crippen LogP contribution in [-0.2, 0) is 4.79 Å². The first-order valence-electron chi connectivity index (χ1n) is 7.68. The summed E-state index contributed by atoms with van der Waals surface area (Å²) in [5.41, 5.74) is 0.680. The summed E-state index contributed by atoms with van der Waals surface area (Å²) >= 11 is 6.08. The Balaban J connectivity index is 2.21. The zero-order chi connectivity index (χ0) is 17.9. The van der Waals surface area contributed by atoms with Crippen LogP contribution in [0, 0.1) is 5.92 Å². The predicted molar refractivity (Wildman–Crippen MR) is 90.5 cm³/mol.